The van der Waals surface area contributed by atoms with Crippen molar-refractivity contribution in [1.29, 1.82) is 0 Å². The van der Waals surface area contributed by atoms with Crippen molar-refractivity contribution in [2.75, 3.05) is 19.6 Å². The summed E-state index contributed by atoms with van der Waals surface area (Å²) in [4.78, 5) is 39.1. The molecule has 0 bridgehead atoms. The second kappa shape index (κ2) is 6.14. The van der Waals surface area contributed by atoms with Crippen molar-refractivity contribution >= 4 is 17.9 Å². The summed E-state index contributed by atoms with van der Waals surface area (Å²) in [6.45, 7) is 8.40. The van der Waals surface area contributed by atoms with Crippen LogP contribution in [0.15, 0.2) is 0 Å². The van der Waals surface area contributed by atoms with E-state index in [-0.39, 0.29) is 30.5 Å². The molecule has 0 unspecified atom stereocenters. The van der Waals surface area contributed by atoms with Gasteiger partial charge < -0.3 is 19.9 Å². The van der Waals surface area contributed by atoms with Crippen LogP contribution in [0, 0.1) is 0 Å². The van der Waals surface area contributed by atoms with E-state index in [1.807, 2.05) is 20.8 Å². The number of amides is 3. The van der Waals surface area contributed by atoms with Crippen LogP contribution in [0.1, 0.15) is 40.5 Å². The maximum atomic E-state index is 12.2. The predicted molar refractivity (Wildman–Crippen MR) is 80.1 cm³/mol. The molecule has 2 fully saturated rings. The topological polar surface area (TPSA) is 79.0 Å². The summed E-state index contributed by atoms with van der Waals surface area (Å²) in [7, 11) is 0. The maximum absolute atomic E-state index is 12.2. The fraction of sp³-hybridized carbons (Fsp3) is 0.800. The minimum atomic E-state index is -0.510. The largest absolute Gasteiger partial charge is 0.444 e. The molecule has 22 heavy (non-hydrogen) atoms. The normalized spacial score (nSPS) is 24.3. The Kier molecular flexibility index (Phi) is 4.63. The van der Waals surface area contributed by atoms with Crippen LogP contribution in [0.5, 0.6) is 0 Å². The van der Waals surface area contributed by atoms with Gasteiger partial charge in [0.25, 0.3) is 0 Å². The highest BCUT2D eigenvalue weighted by Crippen LogP contribution is 2.21. The number of hydrogen-bond donors (Lipinski definition) is 1. The molecule has 0 saturated carbocycles. The van der Waals surface area contributed by atoms with Crippen molar-refractivity contribution in [2.45, 2.75) is 58.2 Å². The van der Waals surface area contributed by atoms with E-state index in [1.54, 1.807) is 16.7 Å². The van der Waals surface area contributed by atoms with Crippen LogP contribution in [-0.2, 0) is 14.3 Å². The first kappa shape index (κ1) is 16.6. The summed E-state index contributed by atoms with van der Waals surface area (Å²) in [5.74, 6) is -0.169. The molecule has 1 N–H and O–H groups in total. The number of piperidine rings is 1. The van der Waals surface area contributed by atoms with Crippen molar-refractivity contribution in [3.63, 3.8) is 0 Å². The third-order valence-electron chi connectivity index (χ3n) is 3.90. The minimum absolute atomic E-state index is 0.0136. The third-order valence-corrected chi connectivity index (χ3v) is 3.90. The lowest BCUT2D eigenvalue weighted by Gasteiger charge is -2.41. The molecule has 2 aliphatic heterocycles. The first-order valence-electron chi connectivity index (χ1n) is 7.75. The van der Waals surface area contributed by atoms with Gasteiger partial charge in [0.15, 0.2) is 0 Å². The van der Waals surface area contributed by atoms with Crippen LogP contribution in [-0.4, -0.2) is 65.0 Å². The highest BCUT2D eigenvalue weighted by Gasteiger charge is 2.36. The van der Waals surface area contributed by atoms with Crippen LogP contribution in [0.4, 0.5) is 4.79 Å². The van der Waals surface area contributed by atoms with E-state index >= 15 is 0 Å². The number of rotatable bonds is 1. The van der Waals surface area contributed by atoms with Gasteiger partial charge in [0.2, 0.25) is 11.8 Å². The lowest BCUT2D eigenvalue weighted by atomic mass is 10.0. The summed E-state index contributed by atoms with van der Waals surface area (Å²) >= 11 is 0. The zero-order valence-corrected chi connectivity index (χ0v) is 13.7. The van der Waals surface area contributed by atoms with E-state index in [1.165, 1.54) is 0 Å². The fourth-order valence-electron chi connectivity index (χ4n) is 2.83. The van der Waals surface area contributed by atoms with Gasteiger partial charge >= 0.3 is 6.09 Å². The molecule has 2 saturated heterocycles. The molecule has 7 heteroatoms. The van der Waals surface area contributed by atoms with E-state index in [9.17, 15) is 14.4 Å². The highest BCUT2D eigenvalue weighted by atomic mass is 16.6. The predicted octanol–water partition coefficient (Wildman–Crippen LogP) is 0.733. The zero-order chi connectivity index (χ0) is 16.5. The summed E-state index contributed by atoms with van der Waals surface area (Å²) < 4.78 is 5.36. The van der Waals surface area contributed by atoms with Crippen LogP contribution >= 0.6 is 0 Å². The summed E-state index contributed by atoms with van der Waals surface area (Å²) in [5.41, 5.74) is -0.510. The summed E-state index contributed by atoms with van der Waals surface area (Å²) in [6, 6.07) is -0.454. The van der Waals surface area contributed by atoms with Crippen LogP contribution in [0.25, 0.3) is 0 Å². The first-order chi connectivity index (χ1) is 10.2. The van der Waals surface area contributed by atoms with Gasteiger partial charge in [0.1, 0.15) is 11.6 Å². The lowest BCUT2D eigenvalue weighted by molar-refractivity contribution is -0.147. The molecule has 0 aromatic rings. The Labute approximate surface area is 131 Å². The number of likely N-dealkylation sites (tertiary alicyclic amines) is 1. The second-order valence-corrected chi connectivity index (χ2v) is 6.95. The zero-order valence-electron chi connectivity index (χ0n) is 13.7. The molecular weight excluding hydrogens is 286 g/mol. The fourth-order valence-corrected chi connectivity index (χ4v) is 2.83. The molecule has 1 atom stereocenters. The molecular formula is C15H25N3O4. The van der Waals surface area contributed by atoms with Gasteiger partial charge in [-0.3, -0.25) is 9.59 Å². The molecule has 0 aromatic carbocycles. The SMILES string of the molecule is C[C@H]1NC(=O)CN(C2CCN(C(=O)OC(C)(C)C)CC2)C1=O. The molecule has 0 radical (unpaired) electrons. The number of nitrogens with one attached hydrogen (secondary N) is 1. The summed E-state index contributed by atoms with van der Waals surface area (Å²) in [5, 5.41) is 2.64. The number of piperazine rings is 1. The maximum Gasteiger partial charge on any atom is 0.410 e. The van der Waals surface area contributed by atoms with Gasteiger partial charge in [-0.1, -0.05) is 0 Å². The number of nitrogens with zero attached hydrogens (tertiary/aromatic N) is 2. The molecule has 3 amide bonds. The number of carbonyl (C=O) groups is 3. The standard InChI is InChI=1S/C15H25N3O4/c1-10-13(20)18(9-12(19)16-10)11-5-7-17(8-6-11)14(21)22-15(2,3)4/h10-11H,5-9H2,1-4H3,(H,16,19)/t10-/m1/s1. The molecule has 2 heterocycles. The molecule has 7 nitrogen and oxygen atoms in total. The molecule has 2 aliphatic rings. The minimum Gasteiger partial charge on any atom is -0.444 e. The van der Waals surface area contributed by atoms with Gasteiger partial charge in [-0.2, -0.15) is 0 Å². The third kappa shape index (κ3) is 3.90. The summed E-state index contributed by atoms with van der Waals surface area (Å²) in [6.07, 6.45) is 1.03. The van der Waals surface area contributed by atoms with Crippen LogP contribution < -0.4 is 5.32 Å². The van der Waals surface area contributed by atoms with Crippen molar-refractivity contribution in [3.8, 4) is 0 Å². The second-order valence-electron chi connectivity index (χ2n) is 6.95. The lowest BCUT2D eigenvalue weighted by Crippen LogP contribution is -2.61. The highest BCUT2D eigenvalue weighted by molar-refractivity contribution is 5.94. The van der Waals surface area contributed by atoms with E-state index < -0.39 is 11.6 Å². The van der Waals surface area contributed by atoms with Gasteiger partial charge in [0.05, 0.1) is 6.54 Å². The number of carbonyl (C=O) groups excluding carboxylic acids is 3. The Balaban J connectivity index is 1.90. The molecule has 2 rings (SSSR count). The van der Waals surface area contributed by atoms with Crippen molar-refractivity contribution in [1.82, 2.24) is 15.1 Å². The van der Waals surface area contributed by atoms with E-state index in [0.29, 0.717) is 25.9 Å². The number of hydrogen-bond acceptors (Lipinski definition) is 4. The van der Waals surface area contributed by atoms with Gasteiger partial charge in [-0.15, -0.1) is 0 Å². The molecule has 0 spiro atoms. The molecule has 0 aromatic heterocycles. The molecule has 124 valence electrons. The Morgan fingerprint density at radius 1 is 1.23 bits per heavy atom. The average Bonchev–Trinajstić information content (AvgIpc) is 2.41. The van der Waals surface area contributed by atoms with Crippen LogP contribution in [0.2, 0.25) is 0 Å². The Morgan fingerprint density at radius 3 is 2.36 bits per heavy atom. The first-order valence-corrected chi connectivity index (χ1v) is 7.75. The Bertz CT molecular complexity index is 464. The Hall–Kier alpha value is -1.79. The van der Waals surface area contributed by atoms with Crippen molar-refractivity contribution < 1.29 is 19.1 Å². The quantitative estimate of drug-likeness (QED) is 0.774. The van der Waals surface area contributed by atoms with Gasteiger partial charge in [0, 0.05) is 19.1 Å². The van der Waals surface area contributed by atoms with E-state index in [4.69, 9.17) is 4.74 Å². The van der Waals surface area contributed by atoms with Crippen LogP contribution in [0.3, 0.4) is 0 Å². The van der Waals surface area contributed by atoms with E-state index in [2.05, 4.69) is 5.32 Å². The Morgan fingerprint density at radius 2 is 1.82 bits per heavy atom. The van der Waals surface area contributed by atoms with Crippen molar-refractivity contribution in [2.24, 2.45) is 0 Å². The van der Waals surface area contributed by atoms with E-state index in [0.717, 1.165) is 0 Å². The average molecular weight is 311 g/mol. The smallest absolute Gasteiger partial charge is 0.410 e. The van der Waals surface area contributed by atoms with Gasteiger partial charge in [-0.25, -0.2) is 4.79 Å². The monoisotopic (exact) mass is 311 g/mol. The number of ether oxygens (including phenoxy) is 1. The van der Waals surface area contributed by atoms with Crippen molar-refractivity contribution in [3.05, 3.63) is 0 Å². The van der Waals surface area contributed by atoms with Gasteiger partial charge in [-0.05, 0) is 40.5 Å². The molecule has 0 aliphatic carbocycles.